The molecule has 0 atom stereocenters. The van der Waals surface area contributed by atoms with Crippen molar-refractivity contribution < 1.29 is 4.52 Å². The highest BCUT2D eigenvalue weighted by molar-refractivity contribution is 5.81. The van der Waals surface area contributed by atoms with Gasteiger partial charge < -0.3 is 4.52 Å². The van der Waals surface area contributed by atoms with E-state index in [9.17, 15) is 4.79 Å². The molecule has 2 aromatic heterocycles. The summed E-state index contributed by atoms with van der Waals surface area (Å²) in [5, 5.41) is 4.92. The van der Waals surface area contributed by atoms with E-state index < -0.39 is 0 Å². The lowest BCUT2D eigenvalue weighted by molar-refractivity contribution is 0.442. The predicted molar refractivity (Wildman–Crippen MR) is 56.0 cm³/mol. The Balaban J connectivity index is 2.47. The van der Waals surface area contributed by atoms with Crippen molar-refractivity contribution in [3.05, 3.63) is 27.2 Å². The highest BCUT2D eigenvalue weighted by Gasteiger charge is 2.19. The monoisotopic (exact) mass is 204 g/mol. The normalized spacial score (nSPS) is 15.5. The van der Waals surface area contributed by atoms with Gasteiger partial charge in [-0.05, 0) is 38.2 Å². The Kier molecular flexibility index (Phi) is 1.71. The molecule has 0 saturated heterocycles. The number of hydrogen-bond acceptors (Lipinski definition) is 3. The molecule has 0 aromatic carbocycles. The number of rotatable bonds is 0. The largest absolute Gasteiger partial charge is 0.337 e. The summed E-state index contributed by atoms with van der Waals surface area (Å²) in [4.78, 5) is 14.5. The van der Waals surface area contributed by atoms with E-state index in [1.54, 1.807) is 0 Å². The molecule has 0 spiro atoms. The second kappa shape index (κ2) is 2.95. The summed E-state index contributed by atoms with van der Waals surface area (Å²) < 4.78 is 5.09. The van der Waals surface area contributed by atoms with Gasteiger partial charge in [-0.3, -0.25) is 9.78 Å². The lowest BCUT2D eigenvalue weighted by atomic mass is 9.90. The Morgan fingerprint density at radius 1 is 1.27 bits per heavy atom. The maximum atomic E-state index is 11.7. The van der Waals surface area contributed by atoms with Gasteiger partial charge in [0.25, 0.3) is 5.56 Å². The van der Waals surface area contributed by atoms with Crippen LogP contribution in [0.5, 0.6) is 0 Å². The topological polar surface area (TPSA) is 58.9 Å². The number of nitrogens with zero attached hydrogens (tertiary/aromatic N) is 1. The molecule has 0 amide bonds. The van der Waals surface area contributed by atoms with E-state index in [4.69, 9.17) is 4.52 Å². The van der Waals surface area contributed by atoms with Crippen LogP contribution in [0.4, 0.5) is 0 Å². The molecule has 0 radical (unpaired) electrons. The third-order valence-corrected chi connectivity index (χ3v) is 3.13. The zero-order chi connectivity index (χ0) is 10.4. The first-order valence-corrected chi connectivity index (χ1v) is 5.27. The molecule has 4 heteroatoms. The van der Waals surface area contributed by atoms with Crippen LogP contribution >= 0.6 is 0 Å². The first-order chi connectivity index (χ1) is 7.27. The Morgan fingerprint density at radius 3 is 2.80 bits per heavy atom. The fourth-order valence-electron chi connectivity index (χ4n) is 2.42. The van der Waals surface area contributed by atoms with Crippen molar-refractivity contribution >= 4 is 11.1 Å². The molecule has 0 saturated carbocycles. The van der Waals surface area contributed by atoms with Crippen molar-refractivity contribution in [1.82, 2.24) is 10.1 Å². The van der Waals surface area contributed by atoms with Crippen LogP contribution in [0.15, 0.2) is 9.32 Å². The van der Waals surface area contributed by atoms with Crippen molar-refractivity contribution in [2.24, 2.45) is 0 Å². The molecule has 78 valence electrons. The van der Waals surface area contributed by atoms with Gasteiger partial charge in [0.05, 0.1) is 11.1 Å². The molecular formula is C11H12N2O2. The SMILES string of the molecule is Cc1noc2[nH]c(=O)c3c(c12)CCCC3. The second-order valence-electron chi connectivity index (χ2n) is 4.09. The van der Waals surface area contributed by atoms with Crippen LogP contribution in [0.2, 0.25) is 0 Å². The van der Waals surface area contributed by atoms with Crippen molar-refractivity contribution in [2.75, 3.05) is 0 Å². The average Bonchev–Trinajstić information content (AvgIpc) is 2.61. The number of pyridine rings is 1. The molecule has 2 aromatic rings. The van der Waals surface area contributed by atoms with Crippen LogP contribution in [0.1, 0.15) is 29.7 Å². The van der Waals surface area contributed by atoms with Crippen molar-refractivity contribution in [1.29, 1.82) is 0 Å². The summed E-state index contributed by atoms with van der Waals surface area (Å²) in [6, 6.07) is 0. The molecule has 15 heavy (non-hydrogen) atoms. The first kappa shape index (κ1) is 8.71. The van der Waals surface area contributed by atoms with Gasteiger partial charge in [0.2, 0.25) is 5.71 Å². The number of aryl methyl sites for hydroxylation is 2. The Bertz CT molecular complexity index is 580. The van der Waals surface area contributed by atoms with Gasteiger partial charge in [0, 0.05) is 5.56 Å². The van der Waals surface area contributed by atoms with Crippen LogP contribution in [-0.4, -0.2) is 10.1 Å². The number of fused-ring (bicyclic) bond motifs is 3. The zero-order valence-electron chi connectivity index (χ0n) is 8.59. The van der Waals surface area contributed by atoms with E-state index in [1.807, 2.05) is 6.92 Å². The van der Waals surface area contributed by atoms with Gasteiger partial charge in [0.1, 0.15) is 0 Å². The fourth-order valence-corrected chi connectivity index (χ4v) is 2.42. The number of aromatic amines is 1. The molecule has 2 heterocycles. The molecule has 1 N–H and O–H groups in total. The van der Waals surface area contributed by atoms with Crippen LogP contribution in [0, 0.1) is 6.92 Å². The van der Waals surface area contributed by atoms with Crippen LogP contribution in [0.25, 0.3) is 11.1 Å². The number of aromatic nitrogens is 2. The minimum absolute atomic E-state index is 0.00616. The molecule has 0 aliphatic heterocycles. The number of nitrogens with one attached hydrogen (secondary N) is 1. The second-order valence-corrected chi connectivity index (χ2v) is 4.09. The van der Waals surface area contributed by atoms with E-state index in [0.717, 1.165) is 47.9 Å². The molecule has 0 fully saturated rings. The highest BCUT2D eigenvalue weighted by Crippen LogP contribution is 2.27. The molecule has 3 rings (SSSR count). The highest BCUT2D eigenvalue weighted by atomic mass is 16.5. The lowest BCUT2D eigenvalue weighted by Crippen LogP contribution is -2.18. The molecule has 1 aliphatic rings. The smallest absolute Gasteiger partial charge is 0.254 e. The molecule has 4 nitrogen and oxygen atoms in total. The van der Waals surface area contributed by atoms with Crippen molar-refractivity contribution in [3.8, 4) is 0 Å². The average molecular weight is 204 g/mol. The van der Waals surface area contributed by atoms with Gasteiger partial charge in [-0.1, -0.05) is 5.16 Å². The fraction of sp³-hybridized carbons (Fsp3) is 0.455. The quantitative estimate of drug-likeness (QED) is 0.710. The summed E-state index contributed by atoms with van der Waals surface area (Å²) in [5.74, 6) is 0. The maximum Gasteiger partial charge on any atom is 0.254 e. The predicted octanol–water partition coefficient (Wildman–Crippen LogP) is 1.70. The van der Waals surface area contributed by atoms with E-state index >= 15 is 0 Å². The summed E-state index contributed by atoms with van der Waals surface area (Å²) in [5.41, 5.74) is 3.48. The maximum absolute atomic E-state index is 11.7. The molecule has 0 bridgehead atoms. The van der Waals surface area contributed by atoms with E-state index in [2.05, 4.69) is 10.1 Å². The van der Waals surface area contributed by atoms with E-state index in [-0.39, 0.29) is 5.56 Å². The standard InChI is InChI=1S/C11H12N2O2/c1-6-9-7-4-2-3-5-8(7)10(14)12-11(9)15-13-6/h2-5H2,1H3,(H,12,14). The zero-order valence-corrected chi connectivity index (χ0v) is 8.59. The summed E-state index contributed by atoms with van der Waals surface area (Å²) in [6.07, 6.45) is 4.10. The summed E-state index contributed by atoms with van der Waals surface area (Å²) in [7, 11) is 0. The van der Waals surface area contributed by atoms with E-state index in [0.29, 0.717) is 5.71 Å². The minimum Gasteiger partial charge on any atom is -0.337 e. The Morgan fingerprint density at radius 2 is 2.00 bits per heavy atom. The Labute approximate surface area is 86.3 Å². The van der Waals surface area contributed by atoms with Gasteiger partial charge >= 0.3 is 0 Å². The minimum atomic E-state index is -0.00616. The van der Waals surface area contributed by atoms with Crippen LogP contribution < -0.4 is 5.56 Å². The van der Waals surface area contributed by atoms with Crippen molar-refractivity contribution in [2.45, 2.75) is 32.6 Å². The van der Waals surface area contributed by atoms with Gasteiger partial charge in [0.15, 0.2) is 0 Å². The van der Waals surface area contributed by atoms with Gasteiger partial charge in [-0.15, -0.1) is 0 Å². The number of hydrogen-bond donors (Lipinski definition) is 1. The lowest BCUT2D eigenvalue weighted by Gasteiger charge is -2.14. The molecule has 1 aliphatic carbocycles. The number of H-pyrrole nitrogens is 1. The van der Waals surface area contributed by atoms with Gasteiger partial charge in [-0.2, -0.15) is 0 Å². The molecular weight excluding hydrogens is 192 g/mol. The van der Waals surface area contributed by atoms with E-state index in [1.165, 1.54) is 0 Å². The molecule has 0 unspecified atom stereocenters. The summed E-state index contributed by atoms with van der Waals surface area (Å²) in [6.45, 7) is 1.92. The van der Waals surface area contributed by atoms with Gasteiger partial charge in [-0.25, -0.2) is 0 Å². The summed E-state index contributed by atoms with van der Waals surface area (Å²) >= 11 is 0. The van der Waals surface area contributed by atoms with Crippen LogP contribution in [0.3, 0.4) is 0 Å². The first-order valence-electron chi connectivity index (χ1n) is 5.27. The van der Waals surface area contributed by atoms with Crippen LogP contribution in [-0.2, 0) is 12.8 Å². The Hall–Kier alpha value is -1.58. The third kappa shape index (κ3) is 1.14. The van der Waals surface area contributed by atoms with Crippen molar-refractivity contribution in [3.63, 3.8) is 0 Å². The third-order valence-electron chi connectivity index (χ3n) is 3.13.